The number of halogens is 10. The molecule has 0 saturated carbocycles. The quantitative estimate of drug-likeness (QED) is 0.169. The zero-order valence-electron chi connectivity index (χ0n) is 19.1. The largest absolute Gasteiger partial charge is 0.397 e. The average Bonchev–Trinajstić information content (AvgIpc) is 2.80. The maximum absolute atomic E-state index is 14.8. The molecule has 3 rings (SSSR count). The maximum Gasteiger partial charge on any atom is 0.200 e. The molecule has 0 atom stereocenters. The van der Waals surface area contributed by atoms with Gasteiger partial charge < -0.3 is 11.5 Å². The van der Waals surface area contributed by atoms with E-state index in [0.717, 1.165) is 39.8 Å². The Hall–Kier alpha value is -3.44. The highest BCUT2D eigenvalue weighted by Crippen LogP contribution is 2.48. The molecule has 0 fully saturated rings. The zero-order chi connectivity index (χ0) is 27.7. The van der Waals surface area contributed by atoms with Crippen LogP contribution in [-0.2, 0) is 10.8 Å². The van der Waals surface area contributed by atoms with Crippen LogP contribution < -0.4 is 11.5 Å². The van der Waals surface area contributed by atoms with Crippen LogP contribution in [0.5, 0.6) is 0 Å². The van der Waals surface area contributed by atoms with Crippen LogP contribution in [0, 0.1) is 58.2 Å². The number of hydrogen-bond donors (Lipinski definition) is 2. The minimum atomic E-state index is -2.42. The Morgan fingerprint density at radius 1 is 0.444 bits per heavy atom. The molecule has 0 aliphatic carbocycles. The highest BCUT2D eigenvalue weighted by atomic mass is 19.2. The Kier molecular flexibility index (Phi) is 6.48. The molecule has 3 aromatic carbocycles. The molecule has 0 aliphatic rings. The van der Waals surface area contributed by atoms with E-state index in [-0.39, 0.29) is 11.3 Å². The van der Waals surface area contributed by atoms with Crippen LogP contribution in [0.3, 0.4) is 0 Å². The van der Waals surface area contributed by atoms with Gasteiger partial charge in [0.1, 0.15) is 0 Å². The van der Waals surface area contributed by atoms with Crippen molar-refractivity contribution in [3.63, 3.8) is 0 Å². The average molecular weight is 524 g/mol. The van der Waals surface area contributed by atoms with Crippen molar-refractivity contribution in [1.29, 1.82) is 0 Å². The van der Waals surface area contributed by atoms with Gasteiger partial charge in [0.25, 0.3) is 0 Å². The Balaban J connectivity index is 2.49. The van der Waals surface area contributed by atoms with E-state index in [4.69, 9.17) is 11.5 Å². The molecular formula is C24H18F10N2. The standard InChI is InChI=1S/C24H18F10N2/c1-23(2,10-12(25)16(29)20(33)17(30)13(10)26)7-5-6-8(35)22(36)9(7)24(3,4)11-14(27)18(31)21(34)19(32)15(11)28/h5-6H,35-36H2,1-4H3. The lowest BCUT2D eigenvalue weighted by molar-refractivity contribution is 0.352. The molecule has 0 bridgehead atoms. The van der Waals surface area contributed by atoms with Gasteiger partial charge in [-0.1, -0.05) is 33.8 Å². The third kappa shape index (κ3) is 3.65. The smallest absolute Gasteiger partial charge is 0.200 e. The Morgan fingerprint density at radius 3 is 1.11 bits per heavy atom. The van der Waals surface area contributed by atoms with Crippen molar-refractivity contribution in [3.8, 4) is 0 Å². The summed E-state index contributed by atoms with van der Waals surface area (Å²) in [6, 6.07) is 2.14. The van der Waals surface area contributed by atoms with Gasteiger partial charge in [-0.25, -0.2) is 43.9 Å². The van der Waals surface area contributed by atoms with Crippen molar-refractivity contribution >= 4 is 11.4 Å². The summed E-state index contributed by atoms with van der Waals surface area (Å²) in [5, 5.41) is 0. The second-order valence-electron chi connectivity index (χ2n) is 9.13. The van der Waals surface area contributed by atoms with E-state index < -0.39 is 91.4 Å². The highest BCUT2D eigenvalue weighted by Gasteiger charge is 2.43. The maximum atomic E-state index is 14.8. The van der Waals surface area contributed by atoms with Gasteiger partial charge in [-0.3, -0.25) is 0 Å². The van der Waals surface area contributed by atoms with Gasteiger partial charge in [0.05, 0.1) is 11.4 Å². The predicted molar refractivity (Wildman–Crippen MR) is 112 cm³/mol. The van der Waals surface area contributed by atoms with Crippen molar-refractivity contribution in [3.05, 3.63) is 92.6 Å². The molecule has 0 aliphatic heterocycles. The highest BCUT2D eigenvalue weighted by molar-refractivity contribution is 5.74. The minimum Gasteiger partial charge on any atom is -0.397 e. The van der Waals surface area contributed by atoms with E-state index in [0.29, 0.717) is 0 Å². The Morgan fingerprint density at radius 2 is 0.750 bits per heavy atom. The zero-order valence-corrected chi connectivity index (χ0v) is 19.1. The summed E-state index contributed by atoms with van der Waals surface area (Å²) in [5.41, 5.74) is 3.20. The van der Waals surface area contributed by atoms with Crippen molar-refractivity contribution in [2.24, 2.45) is 0 Å². The number of hydrogen-bond acceptors (Lipinski definition) is 2. The first kappa shape index (κ1) is 27.2. The molecule has 194 valence electrons. The summed E-state index contributed by atoms with van der Waals surface area (Å²) < 4.78 is 142. The molecule has 0 spiro atoms. The molecule has 2 nitrogen and oxygen atoms in total. The van der Waals surface area contributed by atoms with Crippen LogP contribution in [0.4, 0.5) is 55.3 Å². The predicted octanol–water partition coefficient (Wildman–Crippen LogP) is 6.89. The first-order chi connectivity index (χ1) is 16.4. The lowest BCUT2D eigenvalue weighted by Gasteiger charge is -2.37. The van der Waals surface area contributed by atoms with Crippen molar-refractivity contribution in [1.82, 2.24) is 0 Å². The fourth-order valence-corrected chi connectivity index (χ4v) is 4.40. The van der Waals surface area contributed by atoms with Gasteiger partial charge in [0.2, 0.25) is 11.6 Å². The van der Waals surface area contributed by atoms with E-state index in [1.165, 1.54) is 0 Å². The van der Waals surface area contributed by atoms with E-state index >= 15 is 0 Å². The van der Waals surface area contributed by atoms with Gasteiger partial charge in [0, 0.05) is 22.0 Å². The SMILES string of the molecule is CC(C)(c1ccc(N)c(N)c1C(C)(C)c1c(F)c(F)c(F)c(F)c1F)c1c(F)c(F)c(F)c(F)c1F. The molecule has 12 heteroatoms. The molecule has 0 saturated heterocycles. The lowest BCUT2D eigenvalue weighted by Crippen LogP contribution is -2.33. The molecule has 0 amide bonds. The summed E-state index contributed by atoms with van der Waals surface area (Å²) >= 11 is 0. The van der Waals surface area contributed by atoms with Crippen LogP contribution in [-0.4, -0.2) is 0 Å². The van der Waals surface area contributed by atoms with Gasteiger partial charge in [-0.2, -0.15) is 0 Å². The molecule has 36 heavy (non-hydrogen) atoms. The van der Waals surface area contributed by atoms with E-state index in [1.807, 2.05) is 0 Å². The van der Waals surface area contributed by atoms with Gasteiger partial charge in [-0.15, -0.1) is 0 Å². The lowest BCUT2D eigenvalue weighted by atomic mass is 9.67. The first-order valence-electron chi connectivity index (χ1n) is 10.1. The monoisotopic (exact) mass is 524 g/mol. The topological polar surface area (TPSA) is 52.0 Å². The summed E-state index contributed by atoms with van der Waals surface area (Å²) in [6.45, 7) is 4.03. The van der Waals surface area contributed by atoms with Crippen molar-refractivity contribution < 1.29 is 43.9 Å². The fraction of sp³-hybridized carbons (Fsp3) is 0.250. The van der Waals surface area contributed by atoms with Gasteiger partial charge in [-0.05, 0) is 17.2 Å². The summed E-state index contributed by atoms with van der Waals surface area (Å²) in [5.74, 6) is -22.7. The van der Waals surface area contributed by atoms with Gasteiger partial charge >= 0.3 is 0 Å². The van der Waals surface area contributed by atoms with Crippen LogP contribution >= 0.6 is 0 Å². The summed E-state index contributed by atoms with van der Waals surface area (Å²) in [4.78, 5) is 0. The first-order valence-corrected chi connectivity index (χ1v) is 10.1. The number of nitrogens with two attached hydrogens (primary N) is 2. The minimum absolute atomic E-state index is 0.251. The van der Waals surface area contributed by atoms with Crippen LogP contribution in [0.1, 0.15) is 49.9 Å². The van der Waals surface area contributed by atoms with E-state index in [1.54, 1.807) is 0 Å². The molecule has 4 N–H and O–H groups in total. The van der Waals surface area contributed by atoms with Crippen LogP contribution in [0.15, 0.2) is 12.1 Å². The molecule has 0 heterocycles. The number of anilines is 2. The Bertz CT molecular complexity index is 1360. The molecular weight excluding hydrogens is 506 g/mol. The number of nitrogen functional groups attached to an aromatic ring is 2. The Labute approximate surface area is 198 Å². The molecule has 3 aromatic rings. The normalized spacial score (nSPS) is 12.4. The second kappa shape index (κ2) is 8.59. The van der Waals surface area contributed by atoms with Crippen LogP contribution in [0.25, 0.3) is 0 Å². The van der Waals surface area contributed by atoms with Crippen LogP contribution in [0.2, 0.25) is 0 Å². The number of benzene rings is 3. The summed E-state index contributed by atoms with van der Waals surface area (Å²) in [6.07, 6.45) is 0. The second-order valence-corrected chi connectivity index (χ2v) is 9.13. The molecule has 0 radical (unpaired) electrons. The molecule has 0 aromatic heterocycles. The van der Waals surface area contributed by atoms with E-state index in [2.05, 4.69) is 0 Å². The van der Waals surface area contributed by atoms with E-state index in [9.17, 15) is 43.9 Å². The van der Waals surface area contributed by atoms with Crippen molar-refractivity contribution in [2.45, 2.75) is 38.5 Å². The number of rotatable bonds is 4. The van der Waals surface area contributed by atoms with Crippen molar-refractivity contribution in [2.75, 3.05) is 11.5 Å². The molecule has 0 unspecified atom stereocenters. The van der Waals surface area contributed by atoms with Gasteiger partial charge in [0.15, 0.2) is 46.5 Å². The third-order valence-electron chi connectivity index (χ3n) is 6.25. The fourth-order valence-electron chi connectivity index (χ4n) is 4.40. The third-order valence-corrected chi connectivity index (χ3v) is 6.25. The summed E-state index contributed by atoms with van der Waals surface area (Å²) in [7, 11) is 0.